The number of aromatic nitrogens is 5. The highest BCUT2D eigenvalue weighted by Crippen LogP contribution is 2.18. The molecule has 0 radical (unpaired) electrons. The van der Waals surface area contributed by atoms with E-state index >= 15 is 0 Å². The number of anilines is 1. The molecule has 1 N–H and O–H groups in total. The number of rotatable bonds is 3. The molecule has 86 valence electrons. The Kier molecular flexibility index (Phi) is 2.45. The van der Waals surface area contributed by atoms with Crippen LogP contribution in [0.1, 0.15) is 18.7 Å². The van der Waals surface area contributed by atoms with E-state index in [2.05, 4.69) is 25.3 Å². The van der Waals surface area contributed by atoms with Crippen LogP contribution < -0.4 is 5.32 Å². The Morgan fingerprint density at radius 3 is 2.94 bits per heavy atom. The van der Waals surface area contributed by atoms with Crippen molar-refractivity contribution in [2.45, 2.75) is 13.0 Å². The minimum absolute atomic E-state index is 0.0597. The summed E-state index contributed by atoms with van der Waals surface area (Å²) in [5, 5.41) is 5.19. The van der Waals surface area contributed by atoms with Crippen molar-refractivity contribution in [3.8, 4) is 0 Å². The number of imidazole rings is 1. The standard InChI is InChI=1S/C10H10N6S/c1-7(14-9-12-5-11-6-13-9)8-4-16-2-3-17-10(16)15-8/h2-7H,1H3,(H,11,12,13,14). The van der Waals surface area contributed by atoms with Crippen LogP contribution in [-0.4, -0.2) is 24.3 Å². The molecule has 0 bridgehead atoms. The van der Waals surface area contributed by atoms with E-state index in [1.807, 2.05) is 29.1 Å². The minimum atomic E-state index is 0.0597. The topological polar surface area (TPSA) is 68.0 Å². The molecule has 0 saturated carbocycles. The highest BCUT2D eigenvalue weighted by Gasteiger charge is 2.11. The SMILES string of the molecule is CC(Nc1ncncn1)c1cn2ccsc2n1. The highest BCUT2D eigenvalue weighted by molar-refractivity contribution is 7.15. The highest BCUT2D eigenvalue weighted by atomic mass is 32.1. The number of nitrogens with zero attached hydrogens (tertiary/aromatic N) is 5. The molecule has 17 heavy (non-hydrogen) atoms. The van der Waals surface area contributed by atoms with Crippen molar-refractivity contribution in [1.29, 1.82) is 0 Å². The van der Waals surface area contributed by atoms with Crippen LogP contribution in [0.3, 0.4) is 0 Å². The van der Waals surface area contributed by atoms with Crippen molar-refractivity contribution in [1.82, 2.24) is 24.3 Å². The van der Waals surface area contributed by atoms with Gasteiger partial charge in [0.15, 0.2) is 4.96 Å². The van der Waals surface area contributed by atoms with Gasteiger partial charge in [0, 0.05) is 17.8 Å². The molecule has 0 amide bonds. The second kappa shape index (κ2) is 4.10. The lowest BCUT2D eigenvalue weighted by Gasteiger charge is -2.09. The molecule has 3 heterocycles. The van der Waals surface area contributed by atoms with Gasteiger partial charge in [0.1, 0.15) is 12.7 Å². The molecule has 0 fully saturated rings. The third-order valence-electron chi connectivity index (χ3n) is 2.39. The molecular weight excluding hydrogens is 236 g/mol. The zero-order valence-corrected chi connectivity index (χ0v) is 9.92. The Hall–Kier alpha value is -2.02. The largest absolute Gasteiger partial charge is 0.346 e. The average Bonchev–Trinajstić information content (AvgIpc) is 2.90. The van der Waals surface area contributed by atoms with E-state index in [1.165, 1.54) is 12.7 Å². The smallest absolute Gasteiger partial charge is 0.226 e. The van der Waals surface area contributed by atoms with Gasteiger partial charge in [-0.25, -0.2) is 19.9 Å². The summed E-state index contributed by atoms with van der Waals surface area (Å²) in [6.07, 6.45) is 6.93. The molecule has 0 saturated heterocycles. The van der Waals surface area contributed by atoms with Crippen LogP contribution in [0, 0.1) is 0 Å². The van der Waals surface area contributed by atoms with Gasteiger partial charge in [-0.1, -0.05) is 0 Å². The first-order valence-electron chi connectivity index (χ1n) is 5.13. The van der Waals surface area contributed by atoms with E-state index in [-0.39, 0.29) is 6.04 Å². The van der Waals surface area contributed by atoms with E-state index in [0.717, 1.165) is 10.7 Å². The van der Waals surface area contributed by atoms with Crippen molar-refractivity contribution < 1.29 is 0 Å². The van der Waals surface area contributed by atoms with Gasteiger partial charge in [-0.2, -0.15) is 0 Å². The Morgan fingerprint density at radius 1 is 1.35 bits per heavy atom. The third-order valence-corrected chi connectivity index (χ3v) is 3.17. The normalized spacial score (nSPS) is 12.8. The van der Waals surface area contributed by atoms with Crippen molar-refractivity contribution >= 4 is 22.2 Å². The summed E-state index contributed by atoms with van der Waals surface area (Å²) in [6.45, 7) is 2.02. The molecular formula is C10H10N6S. The zero-order valence-electron chi connectivity index (χ0n) is 9.11. The summed E-state index contributed by atoms with van der Waals surface area (Å²) in [4.78, 5) is 17.3. The molecule has 3 aromatic heterocycles. The summed E-state index contributed by atoms with van der Waals surface area (Å²) < 4.78 is 2.01. The van der Waals surface area contributed by atoms with Gasteiger partial charge in [0.25, 0.3) is 0 Å². The predicted octanol–water partition coefficient (Wildman–Crippen LogP) is 1.75. The van der Waals surface area contributed by atoms with E-state index in [0.29, 0.717) is 5.95 Å². The van der Waals surface area contributed by atoms with Gasteiger partial charge in [0.2, 0.25) is 5.95 Å². The van der Waals surface area contributed by atoms with Crippen LogP contribution in [0.4, 0.5) is 5.95 Å². The summed E-state index contributed by atoms with van der Waals surface area (Å²) >= 11 is 1.61. The minimum Gasteiger partial charge on any atom is -0.346 e. The van der Waals surface area contributed by atoms with Crippen LogP contribution in [0.15, 0.2) is 30.4 Å². The lowest BCUT2D eigenvalue weighted by Crippen LogP contribution is -2.09. The van der Waals surface area contributed by atoms with Crippen molar-refractivity contribution in [3.63, 3.8) is 0 Å². The molecule has 0 aliphatic heterocycles. The fourth-order valence-electron chi connectivity index (χ4n) is 1.54. The summed E-state index contributed by atoms with van der Waals surface area (Å²) in [5.74, 6) is 0.559. The lowest BCUT2D eigenvalue weighted by atomic mass is 10.2. The van der Waals surface area contributed by atoms with Crippen LogP contribution in [0.25, 0.3) is 4.96 Å². The number of hydrogen-bond donors (Lipinski definition) is 1. The maximum Gasteiger partial charge on any atom is 0.226 e. The molecule has 0 aliphatic carbocycles. The van der Waals surface area contributed by atoms with Gasteiger partial charge in [0.05, 0.1) is 11.7 Å². The Morgan fingerprint density at radius 2 is 2.18 bits per heavy atom. The Bertz CT molecular complexity index is 587. The number of fused-ring (bicyclic) bond motifs is 1. The van der Waals surface area contributed by atoms with Crippen molar-refractivity contribution in [3.05, 3.63) is 36.1 Å². The van der Waals surface area contributed by atoms with Gasteiger partial charge in [-0.15, -0.1) is 11.3 Å². The van der Waals surface area contributed by atoms with Gasteiger partial charge in [-0.05, 0) is 6.92 Å². The second-order valence-electron chi connectivity index (χ2n) is 3.59. The second-order valence-corrected chi connectivity index (χ2v) is 4.46. The van der Waals surface area contributed by atoms with Crippen LogP contribution in [0.2, 0.25) is 0 Å². The molecule has 0 aromatic carbocycles. The number of hydrogen-bond acceptors (Lipinski definition) is 6. The number of thiazole rings is 1. The molecule has 3 aromatic rings. The first-order chi connectivity index (χ1) is 8.33. The van der Waals surface area contributed by atoms with Crippen LogP contribution >= 0.6 is 11.3 Å². The van der Waals surface area contributed by atoms with Crippen LogP contribution in [0.5, 0.6) is 0 Å². The molecule has 7 heteroatoms. The van der Waals surface area contributed by atoms with E-state index in [9.17, 15) is 0 Å². The van der Waals surface area contributed by atoms with E-state index in [1.54, 1.807) is 11.3 Å². The third kappa shape index (κ3) is 1.96. The van der Waals surface area contributed by atoms with Crippen molar-refractivity contribution in [2.75, 3.05) is 5.32 Å². The number of nitrogens with one attached hydrogen (secondary N) is 1. The van der Waals surface area contributed by atoms with Crippen molar-refractivity contribution in [2.24, 2.45) is 0 Å². The molecule has 0 aliphatic rings. The molecule has 1 unspecified atom stereocenters. The first kappa shape index (κ1) is 10.2. The van der Waals surface area contributed by atoms with E-state index < -0.39 is 0 Å². The molecule has 1 atom stereocenters. The van der Waals surface area contributed by atoms with Gasteiger partial charge in [-0.3, -0.25) is 4.40 Å². The fraction of sp³-hybridized carbons (Fsp3) is 0.200. The quantitative estimate of drug-likeness (QED) is 0.762. The Balaban J connectivity index is 1.82. The molecule has 0 spiro atoms. The Labute approximate surface area is 101 Å². The summed E-state index contributed by atoms with van der Waals surface area (Å²) in [5.41, 5.74) is 0.970. The van der Waals surface area contributed by atoms with Gasteiger partial charge >= 0.3 is 0 Å². The van der Waals surface area contributed by atoms with Crippen LogP contribution in [-0.2, 0) is 0 Å². The maximum absolute atomic E-state index is 4.52. The molecule has 3 rings (SSSR count). The monoisotopic (exact) mass is 246 g/mol. The maximum atomic E-state index is 4.52. The predicted molar refractivity (Wildman–Crippen MR) is 64.9 cm³/mol. The summed E-state index contributed by atoms with van der Waals surface area (Å²) in [7, 11) is 0. The molecule has 6 nitrogen and oxygen atoms in total. The zero-order chi connectivity index (χ0) is 11.7. The first-order valence-corrected chi connectivity index (χ1v) is 6.01. The fourth-order valence-corrected chi connectivity index (χ4v) is 2.24. The summed E-state index contributed by atoms with van der Waals surface area (Å²) in [6, 6.07) is 0.0597. The lowest BCUT2D eigenvalue weighted by molar-refractivity contribution is 0.826. The average molecular weight is 246 g/mol. The van der Waals surface area contributed by atoms with E-state index in [4.69, 9.17) is 0 Å². The van der Waals surface area contributed by atoms with Gasteiger partial charge < -0.3 is 5.32 Å².